The van der Waals surface area contributed by atoms with E-state index in [9.17, 15) is 5.11 Å². The van der Waals surface area contributed by atoms with Gasteiger partial charge in [0, 0.05) is 7.11 Å². The zero-order chi connectivity index (χ0) is 13.9. The molecule has 0 fully saturated rings. The van der Waals surface area contributed by atoms with Crippen LogP contribution >= 0.6 is 0 Å². The third kappa shape index (κ3) is 3.78. The molecule has 0 spiro atoms. The van der Waals surface area contributed by atoms with Gasteiger partial charge in [0.25, 0.3) is 0 Å². The number of hydrogen-bond donors (Lipinski definition) is 1. The Balaban J connectivity index is 2.75. The maximum atomic E-state index is 9.99. The van der Waals surface area contributed by atoms with Crippen molar-refractivity contribution in [3.8, 4) is 0 Å². The zero-order valence-electron chi connectivity index (χ0n) is 12.1. The topological polar surface area (TPSA) is 68.4 Å². The Kier molecular flexibility index (Phi) is 4.87. The summed E-state index contributed by atoms with van der Waals surface area (Å²) < 4.78 is 10.5. The Labute approximate surface area is 109 Å². The molecular formula is C13H24N2O3. The summed E-state index contributed by atoms with van der Waals surface area (Å²) in [5.74, 6) is 1.27. The van der Waals surface area contributed by atoms with Gasteiger partial charge in [-0.2, -0.15) is 4.98 Å². The molecule has 1 N–H and O–H groups in total. The van der Waals surface area contributed by atoms with Crippen LogP contribution in [-0.4, -0.2) is 28.5 Å². The molecule has 1 heterocycles. The molecule has 0 aliphatic carbocycles. The highest BCUT2D eigenvalue weighted by Gasteiger charge is 2.26. The van der Waals surface area contributed by atoms with E-state index in [1.54, 1.807) is 7.11 Å². The van der Waals surface area contributed by atoms with Crippen molar-refractivity contribution in [3.05, 3.63) is 11.7 Å². The standard InChI is InChI=1S/C13H24N2O3/c1-8(2)11(17-6)12-14-10(18-15-12)7-9(16)13(3,4)5/h8-9,11,16H,7H2,1-6H3. The van der Waals surface area contributed by atoms with Crippen LogP contribution in [0.1, 0.15) is 52.4 Å². The van der Waals surface area contributed by atoms with Crippen LogP contribution in [0.2, 0.25) is 0 Å². The molecule has 2 atom stereocenters. The van der Waals surface area contributed by atoms with E-state index in [4.69, 9.17) is 9.26 Å². The lowest BCUT2D eigenvalue weighted by molar-refractivity contribution is 0.0551. The van der Waals surface area contributed by atoms with Crippen molar-refractivity contribution in [1.82, 2.24) is 10.1 Å². The van der Waals surface area contributed by atoms with Gasteiger partial charge in [-0.05, 0) is 11.3 Å². The molecule has 5 nitrogen and oxygen atoms in total. The minimum Gasteiger partial charge on any atom is -0.392 e. The second-order valence-corrected chi connectivity index (χ2v) is 6.03. The van der Waals surface area contributed by atoms with Crippen molar-refractivity contribution in [2.24, 2.45) is 11.3 Å². The first-order valence-electron chi connectivity index (χ1n) is 6.29. The number of hydrogen-bond acceptors (Lipinski definition) is 5. The van der Waals surface area contributed by atoms with E-state index in [2.05, 4.69) is 10.1 Å². The molecule has 0 aromatic carbocycles. The molecule has 18 heavy (non-hydrogen) atoms. The molecule has 2 unspecified atom stereocenters. The summed E-state index contributed by atoms with van der Waals surface area (Å²) in [6.45, 7) is 9.99. The third-order valence-corrected chi connectivity index (χ3v) is 2.97. The van der Waals surface area contributed by atoms with Crippen LogP contribution in [-0.2, 0) is 11.2 Å². The number of aliphatic hydroxyl groups excluding tert-OH is 1. The molecule has 0 saturated heterocycles. The van der Waals surface area contributed by atoms with Gasteiger partial charge in [0.05, 0.1) is 12.5 Å². The minimum absolute atomic E-state index is 0.172. The molecule has 1 aromatic heterocycles. The van der Waals surface area contributed by atoms with E-state index in [-0.39, 0.29) is 17.4 Å². The highest BCUT2D eigenvalue weighted by molar-refractivity contribution is 4.94. The van der Waals surface area contributed by atoms with E-state index in [1.165, 1.54) is 0 Å². The lowest BCUT2D eigenvalue weighted by Gasteiger charge is -2.24. The average molecular weight is 256 g/mol. The fourth-order valence-electron chi connectivity index (χ4n) is 1.61. The van der Waals surface area contributed by atoms with Crippen LogP contribution in [0.4, 0.5) is 0 Å². The molecule has 5 heteroatoms. The normalized spacial score (nSPS) is 16.0. The van der Waals surface area contributed by atoms with Crippen molar-refractivity contribution >= 4 is 0 Å². The minimum atomic E-state index is -0.508. The number of aromatic nitrogens is 2. The fraction of sp³-hybridized carbons (Fsp3) is 0.846. The van der Waals surface area contributed by atoms with E-state index in [0.717, 1.165) is 0 Å². The molecule has 0 aliphatic heterocycles. The molecule has 0 aliphatic rings. The summed E-state index contributed by atoms with van der Waals surface area (Å²) in [5, 5.41) is 13.9. The number of ether oxygens (including phenoxy) is 1. The van der Waals surface area contributed by atoms with Crippen molar-refractivity contribution < 1.29 is 14.4 Å². The van der Waals surface area contributed by atoms with Crippen LogP contribution < -0.4 is 0 Å². The first-order chi connectivity index (χ1) is 8.25. The average Bonchev–Trinajstić information content (AvgIpc) is 2.65. The third-order valence-electron chi connectivity index (χ3n) is 2.97. The molecule has 0 bridgehead atoms. The predicted molar refractivity (Wildman–Crippen MR) is 68.1 cm³/mol. The van der Waals surface area contributed by atoms with Crippen molar-refractivity contribution in [1.29, 1.82) is 0 Å². The van der Waals surface area contributed by atoms with E-state index in [1.807, 2.05) is 34.6 Å². The SMILES string of the molecule is COC(c1noc(CC(O)C(C)(C)C)n1)C(C)C. The molecule has 1 rings (SSSR count). The van der Waals surface area contributed by atoms with Crippen molar-refractivity contribution in [3.63, 3.8) is 0 Å². The molecule has 0 saturated carbocycles. The Bertz CT molecular complexity index is 369. The first-order valence-corrected chi connectivity index (χ1v) is 6.29. The summed E-state index contributed by atoms with van der Waals surface area (Å²) in [5.41, 5.74) is -0.201. The van der Waals surface area contributed by atoms with Gasteiger partial charge in [0.15, 0.2) is 0 Å². The highest BCUT2D eigenvalue weighted by atomic mass is 16.5. The fourth-order valence-corrected chi connectivity index (χ4v) is 1.61. The molecule has 1 aromatic rings. The second-order valence-electron chi connectivity index (χ2n) is 6.03. The van der Waals surface area contributed by atoms with Gasteiger partial charge in [-0.3, -0.25) is 0 Å². The monoisotopic (exact) mass is 256 g/mol. The van der Waals surface area contributed by atoms with Gasteiger partial charge >= 0.3 is 0 Å². The smallest absolute Gasteiger partial charge is 0.229 e. The van der Waals surface area contributed by atoms with Gasteiger partial charge < -0.3 is 14.4 Å². The van der Waals surface area contributed by atoms with Crippen LogP contribution in [0.3, 0.4) is 0 Å². The van der Waals surface area contributed by atoms with Crippen LogP contribution in [0.15, 0.2) is 4.52 Å². The molecule has 0 amide bonds. The van der Waals surface area contributed by atoms with Gasteiger partial charge in [-0.1, -0.05) is 39.8 Å². The van der Waals surface area contributed by atoms with Gasteiger partial charge in [0.1, 0.15) is 6.10 Å². The Morgan fingerprint density at radius 3 is 2.39 bits per heavy atom. The Morgan fingerprint density at radius 1 is 1.33 bits per heavy atom. The summed E-state index contributed by atoms with van der Waals surface area (Å²) in [7, 11) is 1.63. The summed E-state index contributed by atoms with van der Waals surface area (Å²) in [6.07, 6.45) is -0.314. The number of rotatable bonds is 5. The van der Waals surface area contributed by atoms with Gasteiger partial charge in [-0.15, -0.1) is 0 Å². The lowest BCUT2D eigenvalue weighted by atomic mass is 9.87. The quantitative estimate of drug-likeness (QED) is 0.876. The summed E-state index contributed by atoms with van der Waals surface area (Å²) in [4.78, 5) is 4.29. The number of aliphatic hydroxyl groups is 1. The maximum Gasteiger partial charge on any atom is 0.229 e. The number of nitrogens with zero attached hydrogens (tertiary/aromatic N) is 2. The molecule has 0 radical (unpaired) electrons. The largest absolute Gasteiger partial charge is 0.392 e. The molecule has 104 valence electrons. The van der Waals surface area contributed by atoms with Crippen LogP contribution in [0, 0.1) is 11.3 Å². The van der Waals surface area contributed by atoms with E-state index in [0.29, 0.717) is 18.1 Å². The molecular weight excluding hydrogens is 232 g/mol. The number of methoxy groups -OCH3 is 1. The van der Waals surface area contributed by atoms with Crippen molar-refractivity contribution in [2.75, 3.05) is 7.11 Å². The van der Waals surface area contributed by atoms with Crippen LogP contribution in [0.5, 0.6) is 0 Å². The predicted octanol–water partition coefficient (Wildman–Crippen LogP) is 2.36. The summed E-state index contributed by atoms with van der Waals surface area (Å²) in [6, 6.07) is 0. The van der Waals surface area contributed by atoms with Gasteiger partial charge in [0.2, 0.25) is 11.7 Å². The lowest BCUT2D eigenvalue weighted by Crippen LogP contribution is -2.28. The zero-order valence-corrected chi connectivity index (χ0v) is 12.1. The second kappa shape index (κ2) is 5.80. The highest BCUT2D eigenvalue weighted by Crippen LogP contribution is 2.25. The van der Waals surface area contributed by atoms with Crippen LogP contribution in [0.25, 0.3) is 0 Å². The van der Waals surface area contributed by atoms with E-state index < -0.39 is 6.10 Å². The Hall–Kier alpha value is -0.940. The maximum absolute atomic E-state index is 9.99. The van der Waals surface area contributed by atoms with E-state index >= 15 is 0 Å². The van der Waals surface area contributed by atoms with Gasteiger partial charge in [-0.25, -0.2) is 0 Å². The summed E-state index contributed by atoms with van der Waals surface area (Å²) >= 11 is 0. The Morgan fingerprint density at radius 2 is 1.94 bits per heavy atom. The van der Waals surface area contributed by atoms with Crippen molar-refractivity contribution in [2.45, 2.75) is 53.2 Å². The first kappa shape index (κ1) is 15.1.